The Labute approximate surface area is 94.5 Å². The van der Waals surface area contributed by atoms with Gasteiger partial charge in [-0.3, -0.25) is 20.2 Å². The standard InChI is InChI=1S/C9H8FN3O4/c10-6-3-7(11-5-1-2-5)9(13(16)17)4-8(6)12(14)15/h3-5,11H,1-2H2. The van der Waals surface area contributed by atoms with Crippen molar-refractivity contribution in [3.63, 3.8) is 0 Å². The van der Waals surface area contributed by atoms with Gasteiger partial charge in [0.1, 0.15) is 5.69 Å². The second-order valence-corrected chi connectivity index (χ2v) is 3.75. The van der Waals surface area contributed by atoms with Crippen LogP contribution in [0.15, 0.2) is 12.1 Å². The first kappa shape index (κ1) is 11.2. The molecule has 0 saturated heterocycles. The van der Waals surface area contributed by atoms with E-state index in [9.17, 15) is 24.6 Å². The van der Waals surface area contributed by atoms with Crippen LogP contribution in [-0.4, -0.2) is 15.9 Å². The molecule has 7 nitrogen and oxygen atoms in total. The van der Waals surface area contributed by atoms with Crippen molar-refractivity contribution in [2.75, 3.05) is 5.32 Å². The quantitative estimate of drug-likeness (QED) is 0.643. The molecular formula is C9H8FN3O4. The molecule has 1 N–H and O–H groups in total. The highest BCUT2D eigenvalue weighted by molar-refractivity contribution is 5.66. The summed E-state index contributed by atoms with van der Waals surface area (Å²) in [4.78, 5) is 19.4. The van der Waals surface area contributed by atoms with Crippen molar-refractivity contribution in [2.45, 2.75) is 18.9 Å². The zero-order chi connectivity index (χ0) is 12.6. The van der Waals surface area contributed by atoms with Crippen LogP contribution < -0.4 is 5.32 Å². The van der Waals surface area contributed by atoms with E-state index in [-0.39, 0.29) is 11.7 Å². The molecule has 0 radical (unpaired) electrons. The lowest BCUT2D eigenvalue weighted by Gasteiger charge is -2.05. The summed E-state index contributed by atoms with van der Waals surface area (Å²) in [5, 5.41) is 24.0. The Hall–Kier alpha value is -2.25. The average molecular weight is 241 g/mol. The average Bonchev–Trinajstić information content (AvgIpc) is 3.00. The van der Waals surface area contributed by atoms with E-state index in [0.29, 0.717) is 6.07 Å². The Morgan fingerprint density at radius 2 is 1.76 bits per heavy atom. The summed E-state index contributed by atoms with van der Waals surface area (Å²) in [6.45, 7) is 0. The largest absolute Gasteiger partial charge is 0.377 e. The second kappa shape index (κ2) is 3.96. The van der Waals surface area contributed by atoms with Gasteiger partial charge in [0.2, 0.25) is 5.82 Å². The monoisotopic (exact) mass is 241 g/mol. The highest BCUT2D eigenvalue weighted by Gasteiger charge is 2.29. The van der Waals surface area contributed by atoms with Crippen LogP contribution in [0.2, 0.25) is 0 Å². The highest BCUT2D eigenvalue weighted by atomic mass is 19.1. The molecule has 0 atom stereocenters. The van der Waals surface area contributed by atoms with Crippen LogP contribution in [0.25, 0.3) is 0 Å². The van der Waals surface area contributed by atoms with Crippen LogP contribution in [0.3, 0.4) is 0 Å². The fourth-order valence-electron chi connectivity index (χ4n) is 1.40. The van der Waals surface area contributed by atoms with Crippen LogP contribution in [0.1, 0.15) is 12.8 Å². The molecule has 0 unspecified atom stereocenters. The number of rotatable bonds is 4. The summed E-state index contributed by atoms with van der Waals surface area (Å²) in [7, 11) is 0. The van der Waals surface area contributed by atoms with E-state index < -0.39 is 27.0 Å². The number of nitrogens with zero attached hydrogens (tertiary/aromatic N) is 2. The molecule has 90 valence electrons. The molecule has 0 aliphatic heterocycles. The number of halogens is 1. The molecule has 1 fully saturated rings. The minimum absolute atomic E-state index is 0.0133. The summed E-state index contributed by atoms with van der Waals surface area (Å²) in [6.07, 6.45) is 1.71. The van der Waals surface area contributed by atoms with Gasteiger partial charge in [0.15, 0.2) is 0 Å². The molecule has 2 rings (SSSR count). The van der Waals surface area contributed by atoms with E-state index in [2.05, 4.69) is 5.32 Å². The van der Waals surface area contributed by atoms with Crippen LogP contribution in [0.4, 0.5) is 21.5 Å². The third-order valence-corrected chi connectivity index (χ3v) is 2.40. The van der Waals surface area contributed by atoms with E-state index in [0.717, 1.165) is 18.9 Å². The smallest absolute Gasteiger partial charge is 0.311 e. The van der Waals surface area contributed by atoms with Gasteiger partial charge in [-0.15, -0.1) is 0 Å². The Kier molecular flexibility index (Phi) is 2.62. The fraction of sp³-hybridized carbons (Fsp3) is 0.333. The Bertz CT molecular complexity index is 501. The molecule has 1 aliphatic rings. The first-order valence-electron chi connectivity index (χ1n) is 4.88. The maximum atomic E-state index is 13.3. The van der Waals surface area contributed by atoms with Crippen molar-refractivity contribution in [3.8, 4) is 0 Å². The van der Waals surface area contributed by atoms with Gasteiger partial charge in [-0.1, -0.05) is 0 Å². The number of nitro groups is 2. The predicted molar refractivity (Wildman–Crippen MR) is 56.4 cm³/mol. The van der Waals surface area contributed by atoms with Gasteiger partial charge in [0.25, 0.3) is 5.69 Å². The topological polar surface area (TPSA) is 98.3 Å². The molecular weight excluding hydrogens is 233 g/mol. The maximum Gasteiger partial charge on any atom is 0.311 e. The highest BCUT2D eigenvalue weighted by Crippen LogP contribution is 2.35. The van der Waals surface area contributed by atoms with Gasteiger partial charge in [-0.2, -0.15) is 4.39 Å². The first-order chi connectivity index (χ1) is 7.99. The summed E-state index contributed by atoms with van der Waals surface area (Å²) in [5.74, 6) is -1.08. The van der Waals surface area contributed by atoms with Crippen molar-refractivity contribution in [1.82, 2.24) is 0 Å². The summed E-state index contributed by atoms with van der Waals surface area (Å²) in [6, 6.07) is 1.53. The van der Waals surface area contributed by atoms with Crippen LogP contribution >= 0.6 is 0 Å². The van der Waals surface area contributed by atoms with Gasteiger partial charge < -0.3 is 5.32 Å². The molecule has 0 heterocycles. The first-order valence-corrected chi connectivity index (χ1v) is 4.88. The molecule has 17 heavy (non-hydrogen) atoms. The van der Waals surface area contributed by atoms with Crippen LogP contribution in [0.5, 0.6) is 0 Å². The van der Waals surface area contributed by atoms with Crippen molar-refractivity contribution < 1.29 is 14.2 Å². The minimum atomic E-state index is -1.08. The SMILES string of the molecule is O=[N+]([O-])c1cc([N+](=O)[O-])c(NC2CC2)cc1F. The summed E-state index contributed by atoms with van der Waals surface area (Å²) >= 11 is 0. The van der Waals surface area contributed by atoms with Crippen LogP contribution in [-0.2, 0) is 0 Å². The van der Waals surface area contributed by atoms with E-state index in [1.165, 1.54) is 0 Å². The van der Waals surface area contributed by atoms with Crippen molar-refractivity contribution in [3.05, 3.63) is 38.2 Å². The lowest BCUT2D eigenvalue weighted by Crippen LogP contribution is -2.06. The van der Waals surface area contributed by atoms with Crippen LogP contribution in [0, 0.1) is 26.0 Å². The Balaban J connectivity index is 2.46. The third kappa shape index (κ3) is 2.30. The number of nitrogens with one attached hydrogen (secondary N) is 1. The normalized spacial score (nSPS) is 14.4. The molecule has 8 heteroatoms. The third-order valence-electron chi connectivity index (χ3n) is 2.40. The summed E-state index contributed by atoms with van der Waals surface area (Å²) < 4.78 is 13.3. The zero-order valence-corrected chi connectivity index (χ0v) is 8.55. The van der Waals surface area contributed by atoms with E-state index in [1.807, 2.05) is 0 Å². The van der Waals surface area contributed by atoms with Crippen molar-refractivity contribution >= 4 is 17.1 Å². The molecule has 1 aromatic carbocycles. The number of hydrogen-bond donors (Lipinski definition) is 1. The molecule has 0 spiro atoms. The van der Waals surface area contributed by atoms with E-state index >= 15 is 0 Å². The minimum Gasteiger partial charge on any atom is -0.377 e. The molecule has 0 aromatic heterocycles. The van der Waals surface area contributed by atoms with E-state index in [4.69, 9.17) is 0 Å². The Morgan fingerprint density at radius 3 is 2.24 bits per heavy atom. The van der Waals surface area contributed by atoms with Crippen molar-refractivity contribution in [2.24, 2.45) is 0 Å². The molecule has 1 aromatic rings. The fourth-order valence-corrected chi connectivity index (χ4v) is 1.40. The van der Waals surface area contributed by atoms with Gasteiger partial charge in [0, 0.05) is 12.1 Å². The van der Waals surface area contributed by atoms with Crippen molar-refractivity contribution in [1.29, 1.82) is 0 Å². The van der Waals surface area contributed by atoms with Gasteiger partial charge >= 0.3 is 5.69 Å². The zero-order valence-electron chi connectivity index (χ0n) is 8.55. The number of hydrogen-bond acceptors (Lipinski definition) is 5. The van der Waals surface area contributed by atoms with Gasteiger partial charge in [-0.25, -0.2) is 0 Å². The molecule has 1 saturated carbocycles. The number of nitro benzene ring substituents is 2. The van der Waals surface area contributed by atoms with Gasteiger partial charge in [0.05, 0.1) is 15.9 Å². The molecule has 0 bridgehead atoms. The predicted octanol–water partition coefficient (Wildman–Crippen LogP) is 2.22. The lowest BCUT2D eigenvalue weighted by molar-refractivity contribution is -0.395. The van der Waals surface area contributed by atoms with E-state index in [1.54, 1.807) is 0 Å². The summed E-state index contributed by atoms with van der Waals surface area (Å²) in [5.41, 5.74) is -1.39. The lowest BCUT2D eigenvalue weighted by atomic mass is 10.2. The Morgan fingerprint density at radius 1 is 1.18 bits per heavy atom. The molecule has 1 aliphatic carbocycles. The number of anilines is 1. The molecule has 0 amide bonds. The second-order valence-electron chi connectivity index (χ2n) is 3.75. The maximum absolute atomic E-state index is 13.3. The number of benzene rings is 1. The van der Waals surface area contributed by atoms with Gasteiger partial charge in [-0.05, 0) is 12.8 Å².